The Morgan fingerprint density at radius 3 is 2.87 bits per heavy atom. The molecule has 3 rings (SSSR count). The van der Waals surface area contributed by atoms with Crippen LogP contribution in [0, 0.1) is 13.8 Å². The number of fused-ring (bicyclic) bond motifs is 1. The molecule has 0 radical (unpaired) electrons. The van der Waals surface area contributed by atoms with Crippen molar-refractivity contribution in [2.24, 2.45) is 0 Å². The molecule has 2 aromatic heterocycles. The van der Waals surface area contributed by atoms with E-state index in [2.05, 4.69) is 20.3 Å². The average Bonchev–Trinajstić information content (AvgIpc) is 2.93. The fourth-order valence-electron chi connectivity index (χ4n) is 2.22. The molecule has 2 heterocycles. The lowest BCUT2D eigenvalue weighted by molar-refractivity contribution is -0.115. The molecule has 3 aromatic rings. The summed E-state index contributed by atoms with van der Waals surface area (Å²) in [5, 5.41) is 3.42. The molecule has 0 bridgehead atoms. The van der Waals surface area contributed by atoms with Gasteiger partial charge in [-0.2, -0.15) is 0 Å². The number of pyridine rings is 1. The van der Waals surface area contributed by atoms with Gasteiger partial charge in [-0.1, -0.05) is 23.9 Å². The van der Waals surface area contributed by atoms with Gasteiger partial charge < -0.3 is 10.3 Å². The van der Waals surface area contributed by atoms with Crippen LogP contribution in [0.5, 0.6) is 0 Å². The molecule has 0 fully saturated rings. The van der Waals surface area contributed by atoms with Gasteiger partial charge in [0, 0.05) is 11.9 Å². The molecule has 0 aliphatic rings. The van der Waals surface area contributed by atoms with Crippen LogP contribution in [0.1, 0.15) is 18.1 Å². The molecule has 0 saturated carbocycles. The van der Waals surface area contributed by atoms with Crippen molar-refractivity contribution in [1.82, 2.24) is 15.0 Å². The lowest BCUT2D eigenvalue weighted by atomic mass is 10.1. The molecule has 6 heteroatoms. The molecule has 0 aliphatic heterocycles. The van der Waals surface area contributed by atoms with Crippen LogP contribution < -0.4 is 5.32 Å². The van der Waals surface area contributed by atoms with E-state index in [0.717, 1.165) is 22.3 Å². The number of thioether (sulfide) groups is 1. The van der Waals surface area contributed by atoms with Crippen LogP contribution in [0.2, 0.25) is 0 Å². The first-order valence-electron chi connectivity index (χ1n) is 7.39. The molecule has 0 spiro atoms. The van der Waals surface area contributed by atoms with Crippen LogP contribution in [0.15, 0.2) is 41.7 Å². The molecule has 1 atom stereocenters. The van der Waals surface area contributed by atoms with Crippen molar-refractivity contribution < 1.29 is 4.79 Å². The van der Waals surface area contributed by atoms with Gasteiger partial charge in [-0.25, -0.2) is 9.97 Å². The molecule has 0 aliphatic carbocycles. The maximum atomic E-state index is 12.4. The molecule has 0 saturated heterocycles. The fourth-order valence-corrected chi connectivity index (χ4v) is 3.03. The van der Waals surface area contributed by atoms with Gasteiger partial charge in [0.2, 0.25) is 5.91 Å². The second kappa shape index (κ2) is 6.42. The Kier molecular flexibility index (Phi) is 4.34. The van der Waals surface area contributed by atoms with Gasteiger partial charge >= 0.3 is 0 Å². The Balaban J connectivity index is 1.71. The quantitative estimate of drug-likeness (QED) is 0.717. The number of hydrogen-bond acceptors (Lipinski definition) is 4. The van der Waals surface area contributed by atoms with Gasteiger partial charge in [-0.15, -0.1) is 0 Å². The van der Waals surface area contributed by atoms with Crippen LogP contribution in [0.4, 0.5) is 5.69 Å². The number of amides is 1. The lowest BCUT2D eigenvalue weighted by Crippen LogP contribution is -2.23. The number of carbonyl (C=O) groups excluding carboxylic acids is 1. The Hall–Kier alpha value is -2.34. The number of imidazole rings is 1. The first kappa shape index (κ1) is 15.6. The second-order valence-electron chi connectivity index (χ2n) is 5.41. The fraction of sp³-hybridized carbons (Fsp3) is 0.235. The summed E-state index contributed by atoms with van der Waals surface area (Å²) in [5.74, 6) is -0.0443. The predicted molar refractivity (Wildman–Crippen MR) is 93.8 cm³/mol. The van der Waals surface area contributed by atoms with Crippen LogP contribution in [-0.4, -0.2) is 26.1 Å². The number of nitrogens with one attached hydrogen (secondary N) is 2. The van der Waals surface area contributed by atoms with Crippen molar-refractivity contribution >= 4 is 34.5 Å². The predicted octanol–water partition coefficient (Wildman–Crippen LogP) is 3.69. The highest BCUT2D eigenvalue weighted by Crippen LogP contribution is 2.24. The highest BCUT2D eigenvalue weighted by Gasteiger charge is 2.17. The lowest BCUT2D eigenvalue weighted by Gasteiger charge is -2.13. The Morgan fingerprint density at radius 2 is 2.09 bits per heavy atom. The summed E-state index contributed by atoms with van der Waals surface area (Å²) in [4.78, 5) is 24.2. The minimum absolute atomic E-state index is 0.0443. The number of carbonyl (C=O) groups is 1. The SMILES string of the molecule is Cc1cccc(NC(=O)C(C)Sc2nc3ncccc3[nH]2)c1C. The number of aryl methyl sites for hydroxylation is 1. The number of aromatic nitrogens is 3. The Bertz CT molecular complexity index is 826. The smallest absolute Gasteiger partial charge is 0.237 e. The number of H-pyrrole nitrogens is 1. The molecule has 1 unspecified atom stereocenters. The zero-order valence-corrected chi connectivity index (χ0v) is 14.1. The van der Waals surface area contributed by atoms with Crippen LogP contribution in [-0.2, 0) is 4.79 Å². The van der Waals surface area contributed by atoms with E-state index in [0.29, 0.717) is 10.8 Å². The molecule has 2 N–H and O–H groups in total. The Labute approximate surface area is 138 Å². The minimum atomic E-state index is -0.268. The number of aromatic amines is 1. The first-order valence-corrected chi connectivity index (χ1v) is 8.27. The topological polar surface area (TPSA) is 70.7 Å². The van der Waals surface area contributed by atoms with Crippen molar-refractivity contribution in [3.63, 3.8) is 0 Å². The van der Waals surface area contributed by atoms with Gasteiger partial charge in [0.25, 0.3) is 0 Å². The first-order chi connectivity index (χ1) is 11.0. The summed E-state index contributed by atoms with van der Waals surface area (Å²) in [6.07, 6.45) is 1.70. The van der Waals surface area contributed by atoms with E-state index < -0.39 is 0 Å². The van der Waals surface area contributed by atoms with E-state index in [-0.39, 0.29) is 11.2 Å². The summed E-state index contributed by atoms with van der Waals surface area (Å²) >= 11 is 1.39. The average molecular weight is 326 g/mol. The number of benzene rings is 1. The minimum Gasteiger partial charge on any atom is -0.332 e. The third kappa shape index (κ3) is 3.37. The van der Waals surface area contributed by atoms with E-state index in [1.165, 1.54) is 11.8 Å². The highest BCUT2D eigenvalue weighted by molar-refractivity contribution is 8.00. The molecule has 118 valence electrons. The van der Waals surface area contributed by atoms with Crippen LogP contribution in [0.3, 0.4) is 0 Å². The summed E-state index contributed by atoms with van der Waals surface area (Å²) in [6.45, 7) is 5.91. The number of anilines is 1. The molecule has 23 heavy (non-hydrogen) atoms. The van der Waals surface area contributed by atoms with Gasteiger partial charge in [0.05, 0.1) is 10.8 Å². The van der Waals surface area contributed by atoms with Crippen LogP contribution in [0.25, 0.3) is 11.2 Å². The number of rotatable bonds is 4. The van der Waals surface area contributed by atoms with Crippen molar-refractivity contribution in [3.8, 4) is 0 Å². The number of nitrogens with zero attached hydrogens (tertiary/aromatic N) is 2. The van der Waals surface area contributed by atoms with E-state index in [1.54, 1.807) is 6.20 Å². The molecule has 1 aromatic carbocycles. The summed E-state index contributed by atoms with van der Waals surface area (Å²) < 4.78 is 0. The zero-order chi connectivity index (χ0) is 16.4. The normalized spacial score (nSPS) is 12.3. The largest absolute Gasteiger partial charge is 0.332 e. The third-order valence-electron chi connectivity index (χ3n) is 3.76. The van der Waals surface area contributed by atoms with Crippen molar-refractivity contribution in [3.05, 3.63) is 47.7 Å². The second-order valence-corrected chi connectivity index (χ2v) is 6.74. The maximum Gasteiger partial charge on any atom is 0.237 e. The van der Waals surface area contributed by atoms with Crippen molar-refractivity contribution in [2.75, 3.05) is 5.32 Å². The van der Waals surface area contributed by atoms with Crippen molar-refractivity contribution in [1.29, 1.82) is 0 Å². The number of hydrogen-bond donors (Lipinski definition) is 2. The van der Waals surface area contributed by atoms with E-state index >= 15 is 0 Å². The van der Waals surface area contributed by atoms with Gasteiger partial charge in [-0.3, -0.25) is 4.79 Å². The molecule has 5 nitrogen and oxygen atoms in total. The zero-order valence-electron chi connectivity index (χ0n) is 13.3. The molecular formula is C17H18N4OS. The van der Waals surface area contributed by atoms with Crippen LogP contribution >= 0.6 is 11.8 Å². The molecular weight excluding hydrogens is 308 g/mol. The standard InChI is InChI=1S/C17H18N4OS/c1-10-6-4-7-13(11(10)2)19-16(22)12(3)23-17-20-14-8-5-9-18-15(14)21-17/h4-9,12H,1-3H3,(H,19,22)(H,18,20,21). The van der Waals surface area contributed by atoms with E-state index in [4.69, 9.17) is 0 Å². The molecule has 1 amide bonds. The van der Waals surface area contributed by atoms with Gasteiger partial charge in [0.1, 0.15) is 0 Å². The highest BCUT2D eigenvalue weighted by atomic mass is 32.2. The summed E-state index contributed by atoms with van der Waals surface area (Å²) in [7, 11) is 0. The van der Waals surface area contributed by atoms with E-state index in [1.807, 2.05) is 51.1 Å². The Morgan fingerprint density at radius 1 is 1.26 bits per heavy atom. The third-order valence-corrected chi connectivity index (χ3v) is 4.74. The summed E-state index contributed by atoms with van der Waals surface area (Å²) in [5.41, 5.74) is 4.64. The van der Waals surface area contributed by atoms with Crippen molar-refractivity contribution in [2.45, 2.75) is 31.2 Å². The van der Waals surface area contributed by atoms with E-state index in [9.17, 15) is 4.79 Å². The van der Waals surface area contributed by atoms with Gasteiger partial charge in [-0.05, 0) is 50.1 Å². The maximum absolute atomic E-state index is 12.4. The van der Waals surface area contributed by atoms with Gasteiger partial charge in [0.15, 0.2) is 10.8 Å². The summed E-state index contributed by atoms with van der Waals surface area (Å²) in [6, 6.07) is 9.67. The monoisotopic (exact) mass is 326 g/mol.